The Morgan fingerprint density at radius 2 is 2.05 bits per heavy atom. The smallest absolute Gasteiger partial charge is 0.191 e. The predicted octanol–water partition coefficient (Wildman–Crippen LogP) is 1.11. The van der Waals surface area contributed by atoms with Crippen LogP contribution in [0.25, 0.3) is 0 Å². The molecule has 1 aliphatic heterocycles. The molecule has 1 saturated heterocycles. The van der Waals surface area contributed by atoms with E-state index in [1.54, 1.807) is 0 Å². The van der Waals surface area contributed by atoms with E-state index in [1.807, 2.05) is 0 Å². The minimum atomic E-state index is -1.77. The van der Waals surface area contributed by atoms with Gasteiger partial charge in [0.1, 0.15) is 5.60 Å². The third-order valence-corrected chi connectivity index (χ3v) is 8.99. The molecule has 0 aromatic carbocycles. The first-order valence-corrected chi connectivity index (χ1v) is 10.3. The summed E-state index contributed by atoms with van der Waals surface area (Å²) >= 11 is 0. The monoisotopic (exact) mass is 305 g/mol. The lowest BCUT2D eigenvalue weighted by Crippen LogP contribution is -2.46. The lowest BCUT2D eigenvalue weighted by atomic mass is 10.0. The molecule has 0 saturated carbocycles. The van der Waals surface area contributed by atoms with Crippen molar-refractivity contribution in [3.05, 3.63) is 0 Å². The summed E-state index contributed by atoms with van der Waals surface area (Å²) in [6, 6.07) is 0. The fourth-order valence-corrected chi connectivity index (χ4v) is 2.88. The van der Waals surface area contributed by atoms with Crippen LogP contribution in [0.4, 0.5) is 0 Å². The topological polar surface area (TPSA) is 71.0 Å². The number of aliphatic hydroxyl groups is 2. The van der Waals surface area contributed by atoms with Crippen LogP contribution in [0.2, 0.25) is 18.1 Å². The van der Waals surface area contributed by atoms with Gasteiger partial charge in [-0.1, -0.05) is 20.8 Å². The summed E-state index contributed by atoms with van der Waals surface area (Å²) in [7, 11) is -1.77. The maximum absolute atomic E-state index is 10.5. The highest BCUT2D eigenvalue weighted by molar-refractivity contribution is 6.74. The molecule has 3 N–H and O–H groups in total. The standard InChI is InChI=1S/C14H31NO4Si/c1-13(2,3)20(4,5)19-7-6-14(17)10-15-8-12(9-16)18-11-14/h12,15-17H,6-11H2,1-5H3/t12-,14-/m0/s1. The molecular weight excluding hydrogens is 274 g/mol. The van der Waals surface area contributed by atoms with Crippen molar-refractivity contribution in [1.82, 2.24) is 5.32 Å². The zero-order valence-corrected chi connectivity index (χ0v) is 14.5. The van der Waals surface area contributed by atoms with E-state index in [0.717, 1.165) is 0 Å². The molecule has 0 unspecified atom stereocenters. The van der Waals surface area contributed by atoms with Crippen molar-refractivity contribution >= 4 is 8.32 Å². The lowest BCUT2D eigenvalue weighted by molar-refractivity contribution is -0.0707. The molecule has 20 heavy (non-hydrogen) atoms. The number of ether oxygens (including phenoxy) is 1. The normalized spacial score (nSPS) is 29.2. The average Bonchev–Trinajstić information content (AvgIpc) is 2.49. The van der Waals surface area contributed by atoms with Gasteiger partial charge in [-0.3, -0.25) is 0 Å². The van der Waals surface area contributed by atoms with Crippen molar-refractivity contribution in [2.75, 3.05) is 32.9 Å². The Labute approximate surface area is 123 Å². The van der Waals surface area contributed by atoms with Crippen LogP contribution in [-0.4, -0.2) is 63.1 Å². The number of rotatable bonds is 5. The van der Waals surface area contributed by atoms with Gasteiger partial charge < -0.3 is 24.7 Å². The zero-order chi connectivity index (χ0) is 15.4. The largest absolute Gasteiger partial charge is 0.417 e. The van der Waals surface area contributed by atoms with E-state index in [9.17, 15) is 5.11 Å². The Hall–Kier alpha value is 0.0169. The highest BCUT2D eigenvalue weighted by Crippen LogP contribution is 2.36. The van der Waals surface area contributed by atoms with Crippen molar-refractivity contribution in [3.63, 3.8) is 0 Å². The van der Waals surface area contributed by atoms with E-state index in [1.165, 1.54) is 0 Å². The number of hydrogen-bond donors (Lipinski definition) is 3. The van der Waals surface area contributed by atoms with Gasteiger partial charge in [0.15, 0.2) is 8.32 Å². The second-order valence-corrected chi connectivity index (χ2v) is 12.1. The highest BCUT2D eigenvalue weighted by Gasteiger charge is 2.38. The first kappa shape index (κ1) is 18.1. The molecule has 0 amide bonds. The van der Waals surface area contributed by atoms with E-state index < -0.39 is 13.9 Å². The Kier molecular flexibility index (Phi) is 6.19. The van der Waals surface area contributed by atoms with Gasteiger partial charge in [0.2, 0.25) is 0 Å². The number of aliphatic hydroxyl groups excluding tert-OH is 1. The van der Waals surface area contributed by atoms with Crippen molar-refractivity contribution in [1.29, 1.82) is 0 Å². The SMILES string of the molecule is CC(C)(C)[Si](C)(C)OCC[C@]1(O)CNC[C@@H](CO)OC1. The van der Waals surface area contributed by atoms with Crippen LogP contribution in [0, 0.1) is 0 Å². The second-order valence-electron chi connectivity index (χ2n) is 7.33. The van der Waals surface area contributed by atoms with Crippen LogP contribution in [0.1, 0.15) is 27.2 Å². The van der Waals surface area contributed by atoms with Gasteiger partial charge in [-0.15, -0.1) is 0 Å². The first-order chi connectivity index (χ1) is 9.10. The highest BCUT2D eigenvalue weighted by atomic mass is 28.4. The Morgan fingerprint density at radius 3 is 2.60 bits per heavy atom. The predicted molar refractivity (Wildman–Crippen MR) is 82.4 cm³/mol. The molecule has 0 bridgehead atoms. The van der Waals surface area contributed by atoms with Crippen molar-refractivity contribution < 1.29 is 19.4 Å². The number of β-amino-alcohol motifs (C(OH)–C–C–N with tert-alkyl or cyclic N) is 1. The van der Waals surface area contributed by atoms with Crippen LogP contribution >= 0.6 is 0 Å². The molecule has 6 heteroatoms. The fraction of sp³-hybridized carbons (Fsp3) is 1.00. The Morgan fingerprint density at radius 1 is 1.40 bits per heavy atom. The van der Waals surface area contributed by atoms with Crippen LogP contribution in [0.5, 0.6) is 0 Å². The molecule has 1 heterocycles. The molecule has 0 aliphatic carbocycles. The number of hydrogen-bond acceptors (Lipinski definition) is 5. The molecule has 0 radical (unpaired) electrons. The van der Waals surface area contributed by atoms with Crippen LogP contribution in [0.3, 0.4) is 0 Å². The molecule has 2 atom stereocenters. The molecule has 5 nitrogen and oxygen atoms in total. The molecule has 0 spiro atoms. The molecule has 0 aromatic rings. The van der Waals surface area contributed by atoms with E-state index in [-0.39, 0.29) is 24.4 Å². The summed E-state index contributed by atoms with van der Waals surface area (Å²) < 4.78 is 11.6. The molecular formula is C14H31NO4Si. The fourth-order valence-electron chi connectivity index (χ4n) is 1.84. The average molecular weight is 305 g/mol. The van der Waals surface area contributed by atoms with Crippen molar-refractivity contribution in [2.24, 2.45) is 0 Å². The summed E-state index contributed by atoms with van der Waals surface area (Å²) in [5, 5.41) is 22.9. The van der Waals surface area contributed by atoms with Gasteiger partial charge in [-0.2, -0.15) is 0 Å². The van der Waals surface area contributed by atoms with Crippen LogP contribution in [0.15, 0.2) is 0 Å². The molecule has 1 rings (SSSR count). The minimum absolute atomic E-state index is 0.0243. The maximum Gasteiger partial charge on any atom is 0.191 e. The number of nitrogens with one attached hydrogen (secondary N) is 1. The van der Waals surface area contributed by atoms with Gasteiger partial charge in [0, 0.05) is 26.1 Å². The summed E-state index contributed by atoms with van der Waals surface area (Å²) in [6.45, 7) is 12.8. The van der Waals surface area contributed by atoms with Gasteiger partial charge in [-0.05, 0) is 18.1 Å². The molecule has 120 valence electrons. The summed E-state index contributed by atoms with van der Waals surface area (Å²) in [4.78, 5) is 0. The molecule has 1 fully saturated rings. The van der Waals surface area contributed by atoms with Crippen molar-refractivity contribution in [2.45, 2.75) is 57.0 Å². The quantitative estimate of drug-likeness (QED) is 0.664. The van der Waals surface area contributed by atoms with Crippen LogP contribution in [-0.2, 0) is 9.16 Å². The van der Waals surface area contributed by atoms with Gasteiger partial charge in [0.25, 0.3) is 0 Å². The maximum atomic E-state index is 10.5. The molecule has 0 aromatic heterocycles. The second kappa shape index (κ2) is 6.85. The molecule has 1 aliphatic rings. The summed E-state index contributed by atoms with van der Waals surface area (Å²) in [6.07, 6.45) is 0.315. The van der Waals surface area contributed by atoms with Gasteiger partial charge in [0.05, 0.1) is 19.3 Å². The van der Waals surface area contributed by atoms with Crippen LogP contribution < -0.4 is 5.32 Å². The van der Waals surface area contributed by atoms with E-state index in [0.29, 0.717) is 26.1 Å². The van der Waals surface area contributed by atoms with E-state index >= 15 is 0 Å². The van der Waals surface area contributed by atoms with E-state index in [4.69, 9.17) is 14.3 Å². The zero-order valence-electron chi connectivity index (χ0n) is 13.5. The van der Waals surface area contributed by atoms with Gasteiger partial charge in [-0.25, -0.2) is 0 Å². The summed E-state index contributed by atoms with van der Waals surface area (Å²) in [5.41, 5.74) is -0.910. The lowest BCUT2D eigenvalue weighted by Gasteiger charge is -2.37. The Bertz CT molecular complexity index is 306. The summed E-state index contributed by atoms with van der Waals surface area (Å²) in [5.74, 6) is 0. The van der Waals surface area contributed by atoms with Crippen molar-refractivity contribution in [3.8, 4) is 0 Å². The third kappa shape index (κ3) is 5.09. The first-order valence-electron chi connectivity index (χ1n) is 7.39. The van der Waals surface area contributed by atoms with E-state index in [2.05, 4.69) is 39.2 Å². The van der Waals surface area contributed by atoms with Gasteiger partial charge >= 0.3 is 0 Å². The Balaban J connectivity index is 2.44. The minimum Gasteiger partial charge on any atom is -0.417 e. The third-order valence-electron chi connectivity index (χ3n) is 4.45.